The molecule has 1 fully saturated rings. The van der Waals surface area contributed by atoms with Gasteiger partial charge in [0.15, 0.2) is 6.61 Å². The summed E-state index contributed by atoms with van der Waals surface area (Å²) in [6.45, 7) is 7.71. The first-order valence-electron chi connectivity index (χ1n) is 10.2. The lowest BCUT2D eigenvalue weighted by atomic mass is 10.2. The Labute approximate surface area is 173 Å². The molecule has 0 radical (unpaired) electrons. The van der Waals surface area contributed by atoms with E-state index in [1.54, 1.807) is 7.11 Å². The maximum atomic E-state index is 11.9. The summed E-state index contributed by atoms with van der Waals surface area (Å²) < 4.78 is 11.0. The van der Waals surface area contributed by atoms with Crippen LogP contribution in [0.2, 0.25) is 0 Å². The molecule has 0 saturated carbocycles. The molecule has 0 bridgehead atoms. The first-order chi connectivity index (χ1) is 14.2. The topological polar surface area (TPSA) is 54.0 Å². The molecule has 6 heteroatoms. The highest BCUT2D eigenvalue weighted by Crippen LogP contribution is 2.28. The molecular formula is C23H31N3O3. The minimum Gasteiger partial charge on any atom is -0.495 e. The zero-order chi connectivity index (χ0) is 20.5. The predicted molar refractivity (Wildman–Crippen MR) is 116 cm³/mol. The fourth-order valence-electron chi connectivity index (χ4n) is 3.54. The van der Waals surface area contributed by atoms with Crippen LogP contribution in [0.1, 0.15) is 12.0 Å². The molecule has 1 N–H and O–H groups in total. The maximum absolute atomic E-state index is 11.9. The summed E-state index contributed by atoms with van der Waals surface area (Å²) in [4.78, 5) is 16.8. The number of methoxy groups -OCH3 is 1. The van der Waals surface area contributed by atoms with Gasteiger partial charge in [-0.05, 0) is 49.7 Å². The Morgan fingerprint density at radius 3 is 2.62 bits per heavy atom. The van der Waals surface area contributed by atoms with E-state index in [-0.39, 0.29) is 12.5 Å². The van der Waals surface area contributed by atoms with Crippen LogP contribution in [0, 0.1) is 6.92 Å². The van der Waals surface area contributed by atoms with Crippen molar-refractivity contribution in [3.05, 3.63) is 54.1 Å². The lowest BCUT2D eigenvalue weighted by Crippen LogP contribution is -2.47. The Hall–Kier alpha value is -2.73. The molecule has 1 amide bonds. The third-order valence-electron chi connectivity index (χ3n) is 5.13. The second kappa shape index (κ2) is 10.7. The summed E-state index contributed by atoms with van der Waals surface area (Å²) in [5.41, 5.74) is 2.28. The molecule has 2 aromatic rings. The number of hydrogen-bond donors (Lipinski definition) is 1. The number of amides is 1. The van der Waals surface area contributed by atoms with Crippen molar-refractivity contribution in [3.63, 3.8) is 0 Å². The predicted octanol–water partition coefficient (Wildman–Crippen LogP) is 2.71. The van der Waals surface area contributed by atoms with Crippen molar-refractivity contribution in [2.75, 3.05) is 57.9 Å². The van der Waals surface area contributed by atoms with Crippen molar-refractivity contribution in [2.24, 2.45) is 0 Å². The highest BCUT2D eigenvalue weighted by atomic mass is 16.5. The second-order valence-electron chi connectivity index (χ2n) is 7.31. The zero-order valence-corrected chi connectivity index (χ0v) is 17.4. The standard InChI is InChI=1S/C23H31N3O3/c1-19-7-5-8-20(17-19)29-18-23(27)24-11-6-12-25-13-15-26(16-14-25)21-9-3-4-10-22(21)28-2/h3-5,7-10,17H,6,11-16,18H2,1-2H3,(H,24,27). The monoisotopic (exact) mass is 397 g/mol. The fourth-order valence-corrected chi connectivity index (χ4v) is 3.54. The van der Waals surface area contributed by atoms with Crippen molar-refractivity contribution in [1.29, 1.82) is 0 Å². The smallest absolute Gasteiger partial charge is 0.257 e. The molecule has 2 aromatic carbocycles. The normalized spacial score (nSPS) is 14.5. The van der Waals surface area contributed by atoms with E-state index in [1.165, 1.54) is 0 Å². The quantitative estimate of drug-likeness (QED) is 0.660. The van der Waals surface area contributed by atoms with Crippen molar-refractivity contribution < 1.29 is 14.3 Å². The minimum absolute atomic E-state index is 0.0566. The number of hydrogen-bond acceptors (Lipinski definition) is 5. The van der Waals surface area contributed by atoms with E-state index < -0.39 is 0 Å². The van der Waals surface area contributed by atoms with Gasteiger partial charge in [-0.15, -0.1) is 0 Å². The SMILES string of the molecule is COc1ccccc1N1CCN(CCCNC(=O)COc2cccc(C)c2)CC1. The van der Waals surface area contributed by atoms with Crippen LogP contribution in [0.15, 0.2) is 48.5 Å². The molecule has 0 aromatic heterocycles. The van der Waals surface area contributed by atoms with Gasteiger partial charge in [0, 0.05) is 32.7 Å². The first kappa shape index (κ1) is 21.0. The molecule has 6 nitrogen and oxygen atoms in total. The molecule has 0 atom stereocenters. The summed E-state index contributed by atoms with van der Waals surface area (Å²) >= 11 is 0. The molecule has 0 aliphatic carbocycles. The van der Waals surface area contributed by atoms with Crippen LogP contribution < -0.4 is 19.7 Å². The Morgan fingerprint density at radius 2 is 1.86 bits per heavy atom. The minimum atomic E-state index is -0.0764. The molecule has 1 aliphatic heterocycles. The van der Waals surface area contributed by atoms with Crippen molar-refractivity contribution >= 4 is 11.6 Å². The van der Waals surface area contributed by atoms with E-state index in [4.69, 9.17) is 9.47 Å². The Kier molecular flexibility index (Phi) is 7.76. The molecule has 0 unspecified atom stereocenters. The Morgan fingerprint density at radius 1 is 1.07 bits per heavy atom. The number of aryl methyl sites for hydroxylation is 1. The molecule has 3 rings (SSSR count). The average molecular weight is 398 g/mol. The van der Waals surface area contributed by atoms with Crippen molar-refractivity contribution in [2.45, 2.75) is 13.3 Å². The van der Waals surface area contributed by atoms with Crippen LogP contribution in [-0.4, -0.2) is 63.8 Å². The molecule has 0 spiro atoms. The lowest BCUT2D eigenvalue weighted by Gasteiger charge is -2.36. The van der Waals surface area contributed by atoms with Crippen LogP contribution in [0.3, 0.4) is 0 Å². The molecule has 1 aliphatic rings. The molecule has 156 valence electrons. The van der Waals surface area contributed by atoms with Gasteiger partial charge in [-0.3, -0.25) is 9.69 Å². The summed E-state index contributed by atoms with van der Waals surface area (Å²) in [6.07, 6.45) is 0.935. The molecule has 29 heavy (non-hydrogen) atoms. The third kappa shape index (κ3) is 6.39. The van der Waals surface area contributed by atoms with Gasteiger partial charge in [-0.1, -0.05) is 24.3 Å². The number of carbonyl (C=O) groups excluding carboxylic acids is 1. The van der Waals surface area contributed by atoms with Gasteiger partial charge >= 0.3 is 0 Å². The van der Waals surface area contributed by atoms with Crippen LogP contribution in [-0.2, 0) is 4.79 Å². The van der Waals surface area contributed by atoms with Crippen LogP contribution in [0.5, 0.6) is 11.5 Å². The van der Waals surface area contributed by atoms with E-state index in [1.807, 2.05) is 43.3 Å². The van der Waals surface area contributed by atoms with E-state index >= 15 is 0 Å². The number of piperazine rings is 1. The van der Waals surface area contributed by atoms with Crippen molar-refractivity contribution in [1.82, 2.24) is 10.2 Å². The van der Waals surface area contributed by atoms with Crippen LogP contribution in [0.4, 0.5) is 5.69 Å². The summed E-state index contributed by atoms with van der Waals surface area (Å²) in [5.74, 6) is 1.58. The summed E-state index contributed by atoms with van der Waals surface area (Å²) in [5, 5.41) is 2.94. The van der Waals surface area contributed by atoms with Gasteiger partial charge in [0.2, 0.25) is 0 Å². The van der Waals surface area contributed by atoms with E-state index in [0.717, 1.165) is 61.9 Å². The largest absolute Gasteiger partial charge is 0.495 e. The van der Waals surface area contributed by atoms with E-state index in [2.05, 4.69) is 27.2 Å². The molecular weight excluding hydrogens is 366 g/mol. The fraction of sp³-hybridized carbons (Fsp3) is 0.435. The highest BCUT2D eigenvalue weighted by Gasteiger charge is 2.19. The second-order valence-corrected chi connectivity index (χ2v) is 7.31. The highest BCUT2D eigenvalue weighted by molar-refractivity contribution is 5.77. The molecule has 1 saturated heterocycles. The third-order valence-corrected chi connectivity index (χ3v) is 5.13. The zero-order valence-electron chi connectivity index (χ0n) is 17.4. The lowest BCUT2D eigenvalue weighted by molar-refractivity contribution is -0.123. The van der Waals surface area contributed by atoms with Gasteiger partial charge in [-0.25, -0.2) is 0 Å². The number of para-hydroxylation sites is 2. The van der Waals surface area contributed by atoms with Gasteiger partial charge in [0.25, 0.3) is 5.91 Å². The number of anilines is 1. The molecule has 1 heterocycles. The summed E-state index contributed by atoms with van der Waals surface area (Å²) in [7, 11) is 1.72. The number of rotatable bonds is 9. The Bertz CT molecular complexity index is 788. The first-order valence-corrected chi connectivity index (χ1v) is 10.2. The average Bonchev–Trinajstić information content (AvgIpc) is 2.76. The van der Waals surface area contributed by atoms with Crippen molar-refractivity contribution in [3.8, 4) is 11.5 Å². The Balaban J connectivity index is 1.30. The number of nitrogens with one attached hydrogen (secondary N) is 1. The van der Waals surface area contributed by atoms with E-state index in [9.17, 15) is 4.79 Å². The van der Waals surface area contributed by atoms with Gasteiger partial charge < -0.3 is 19.7 Å². The summed E-state index contributed by atoms with van der Waals surface area (Å²) in [6, 6.07) is 15.9. The van der Waals surface area contributed by atoms with Crippen LogP contribution in [0.25, 0.3) is 0 Å². The number of nitrogens with zero attached hydrogens (tertiary/aromatic N) is 2. The van der Waals surface area contributed by atoms with E-state index in [0.29, 0.717) is 6.54 Å². The number of ether oxygens (including phenoxy) is 2. The van der Waals surface area contributed by atoms with Gasteiger partial charge in [-0.2, -0.15) is 0 Å². The van der Waals surface area contributed by atoms with Crippen LogP contribution >= 0.6 is 0 Å². The number of carbonyl (C=O) groups is 1. The number of benzene rings is 2. The van der Waals surface area contributed by atoms with Gasteiger partial charge in [0.05, 0.1) is 12.8 Å². The van der Waals surface area contributed by atoms with Gasteiger partial charge in [0.1, 0.15) is 11.5 Å². The maximum Gasteiger partial charge on any atom is 0.257 e.